The Balaban J connectivity index is 2.38. The fraction of sp³-hybridized carbons (Fsp3) is 0.250. The number of amides is 1. The van der Waals surface area contributed by atoms with E-state index in [1.165, 1.54) is 6.42 Å². The molecule has 0 atom stereocenters. The number of carbonyl (C=O) groups is 2. The summed E-state index contributed by atoms with van der Waals surface area (Å²) in [4.78, 5) is 22.3. The molecule has 0 aromatic heterocycles. The van der Waals surface area contributed by atoms with E-state index in [1.54, 1.807) is 6.92 Å². The number of nitrogens with one attached hydrogen (secondary N) is 1. The lowest BCUT2D eigenvalue weighted by molar-refractivity contribution is -0.135. The van der Waals surface area contributed by atoms with Crippen LogP contribution >= 0.6 is 0 Å². The largest absolute Gasteiger partial charge is 0.350 e. The van der Waals surface area contributed by atoms with Crippen molar-refractivity contribution in [3.8, 4) is 0 Å². The summed E-state index contributed by atoms with van der Waals surface area (Å²) in [7, 11) is 0. The van der Waals surface area contributed by atoms with Gasteiger partial charge in [0, 0.05) is 13.0 Å². The second-order valence-electron chi connectivity index (χ2n) is 3.12. The van der Waals surface area contributed by atoms with Crippen LogP contribution in [-0.4, -0.2) is 18.2 Å². The van der Waals surface area contributed by atoms with Gasteiger partial charge in [0.15, 0.2) is 0 Å². The lowest BCUT2D eigenvalue weighted by Crippen LogP contribution is -2.31. The molecule has 3 heteroatoms. The number of carbonyl (C=O) groups excluding carboxylic acids is 2. The number of likely N-dealkylation sites (N-methyl/N-ethyl adjacent to an activating group) is 1. The maximum atomic E-state index is 11.2. The number of hydrogen-bond donors (Lipinski definition) is 1. The lowest BCUT2D eigenvalue weighted by atomic mass is 10.1. The summed E-state index contributed by atoms with van der Waals surface area (Å²) >= 11 is 0. The summed E-state index contributed by atoms with van der Waals surface area (Å²) < 4.78 is 0. The first-order valence-electron chi connectivity index (χ1n) is 4.93. The zero-order chi connectivity index (χ0) is 11.1. The predicted molar refractivity (Wildman–Crippen MR) is 58.1 cm³/mol. The highest BCUT2D eigenvalue weighted by atomic mass is 16.2. The molecule has 0 bridgehead atoms. The highest BCUT2D eigenvalue weighted by molar-refractivity contribution is 6.39. The average molecular weight is 204 g/mol. The number of benzene rings is 1. The third-order valence-electron chi connectivity index (χ3n) is 1.93. The van der Waals surface area contributed by atoms with Crippen molar-refractivity contribution in [2.45, 2.75) is 13.3 Å². The Bertz CT molecular complexity index is 333. The SMILES string of the molecule is CCNC(=O)C(=O)[CH]Cc1ccccc1. The van der Waals surface area contributed by atoms with Gasteiger partial charge in [-0.1, -0.05) is 30.3 Å². The summed E-state index contributed by atoms with van der Waals surface area (Å²) in [6.45, 7) is 2.26. The van der Waals surface area contributed by atoms with Gasteiger partial charge < -0.3 is 5.32 Å². The molecule has 3 nitrogen and oxygen atoms in total. The molecule has 79 valence electrons. The van der Waals surface area contributed by atoms with Crippen molar-refractivity contribution in [3.05, 3.63) is 42.3 Å². The van der Waals surface area contributed by atoms with Crippen LogP contribution < -0.4 is 5.32 Å². The molecule has 1 N–H and O–H groups in total. The summed E-state index contributed by atoms with van der Waals surface area (Å²) in [5.74, 6) is -1.01. The van der Waals surface area contributed by atoms with Crippen LogP contribution in [0.4, 0.5) is 0 Å². The number of rotatable bonds is 5. The second kappa shape index (κ2) is 5.96. The van der Waals surface area contributed by atoms with Gasteiger partial charge in [-0.15, -0.1) is 0 Å². The standard InChI is InChI=1S/C12H14NO2/c1-2-13-12(15)11(14)9-8-10-6-4-3-5-7-10/h3-7,9H,2,8H2,1H3,(H,13,15). The van der Waals surface area contributed by atoms with Crippen molar-refractivity contribution < 1.29 is 9.59 Å². The van der Waals surface area contributed by atoms with Crippen molar-refractivity contribution >= 4 is 11.7 Å². The first kappa shape index (κ1) is 11.4. The number of ketones is 1. The molecule has 0 saturated heterocycles. The van der Waals surface area contributed by atoms with Gasteiger partial charge in [-0.3, -0.25) is 9.59 Å². The van der Waals surface area contributed by atoms with Crippen molar-refractivity contribution in [1.29, 1.82) is 0 Å². The first-order valence-corrected chi connectivity index (χ1v) is 4.93. The molecular weight excluding hydrogens is 190 g/mol. The summed E-state index contributed by atoms with van der Waals surface area (Å²) in [6, 6.07) is 9.55. The number of Topliss-reactive ketones (excluding diaryl/α,β-unsaturated/α-hetero) is 1. The fourth-order valence-corrected chi connectivity index (χ4v) is 1.17. The van der Waals surface area contributed by atoms with Gasteiger partial charge in [0.05, 0.1) is 0 Å². The molecule has 1 radical (unpaired) electrons. The van der Waals surface area contributed by atoms with Gasteiger partial charge in [0.25, 0.3) is 5.91 Å². The Morgan fingerprint density at radius 2 is 1.93 bits per heavy atom. The minimum absolute atomic E-state index is 0.472. The summed E-state index contributed by atoms with van der Waals surface area (Å²) in [5, 5.41) is 2.46. The molecule has 1 aromatic carbocycles. The Labute approximate surface area is 89.5 Å². The molecule has 0 heterocycles. The van der Waals surface area contributed by atoms with E-state index in [4.69, 9.17) is 0 Å². The third-order valence-corrected chi connectivity index (χ3v) is 1.93. The Kier molecular flexibility index (Phi) is 4.54. The Morgan fingerprint density at radius 3 is 2.53 bits per heavy atom. The van der Waals surface area contributed by atoms with Crippen LogP contribution in [0.15, 0.2) is 30.3 Å². The van der Waals surface area contributed by atoms with Crippen molar-refractivity contribution in [2.24, 2.45) is 0 Å². The van der Waals surface area contributed by atoms with Crippen LogP contribution in [0.2, 0.25) is 0 Å². The molecule has 1 rings (SSSR count). The predicted octanol–water partition coefficient (Wildman–Crippen LogP) is 1.14. The van der Waals surface area contributed by atoms with E-state index in [2.05, 4.69) is 5.32 Å². The molecule has 0 aliphatic rings. The van der Waals surface area contributed by atoms with Crippen molar-refractivity contribution in [1.82, 2.24) is 5.32 Å². The van der Waals surface area contributed by atoms with E-state index in [-0.39, 0.29) is 0 Å². The molecule has 0 aliphatic carbocycles. The van der Waals surface area contributed by atoms with E-state index in [0.717, 1.165) is 5.56 Å². The quantitative estimate of drug-likeness (QED) is 0.731. The van der Waals surface area contributed by atoms with Gasteiger partial charge >= 0.3 is 0 Å². The molecule has 0 saturated carbocycles. The molecule has 0 fully saturated rings. The lowest BCUT2D eigenvalue weighted by Gasteiger charge is -2.01. The first-order chi connectivity index (χ1) is 7.24. The molecular formula is C12H14NO2. The highest BCUT2D eigenvalue weighted by Gasteiger charge is 2.11. The molecule has 1 aromatic rings. The van der Waals surface area contributed by atoms with Crippen LogP contribution in [0.25, 0.3) is 0 Å². The van der Waals surface area contributed by atoms with Crippen LogP contribution in [-0.2, 0) is 16.0 Å². The molecule has 0 unspecified atom stereocenters. The van der Waals surface area contributed by atoms with Crippen LogP contribution in [0.5, 0.6) is 0 Å². The topological polar surface area (TPSA) is 46.2 Å². The normalized spacial score (nSPS) is 9.67. The van der Waals surface area contributed by atoms with E-state index < -0.39 is 11.7 Å². The highest BCUT2D eigenvalue weighted by Crippen LogP contribution is 2.01. The molecule has 1 amide bonds. The third kappa shape index (κ3) is 3.94. The molecule has 15 heavy (non-hydrogen) atoms. The van der Waals surface area contributed by atoms with Gasteiger partial charge in [-0.25, -0.2) is 0 Å². The summed E-state index contributed by atoms with van der Waals surface area (Å²) in [6.07, 6.45) is 1.90. The van der Waals surface area contributed by atoms with Gasteiger partial charge in [-0.05, 0) is 18.9 Å². The molecule has 0 spiro atoms. The van der Waals surface area contributed by atoms with Crippen LogP contribution in [0.1, 0.15) is 12.5 Å². The minimum atomic E-state index is -0.534. The van der Waals surface area contributed by atoms with E-state index in [9.17, 15) is 9.59 Å². The smallest absolute Gasteiger partial charge is 0.287 e. The zero-order valence-corrected chi connectivity index (χ0v) is 8.69. The molecule has 0 aliphatic heterocycles. The maximum absolute atomic E-state index is 11.2. The van der Waals surface area contributed by atoms with Gasteiger partial charge in [0.2, 0.25) is 5.78 Å². The van der Waals surface area contributed by atoms with Gasteiger partial charge in [-0.2, -0.15) is 0 Å². The number of hydrogen-bond acceptors (Lipinski definition) is 2. The Morgan fingerprint density at radius 1 is 1.27 bits per heavy atom. The van der Waals surface area contributed by atoms with E-state index >= 15 is 0 Å². The average Bonchev–Trinajstić information content (AvgIpc) is 2.27. The van der Waals surface area contributed by atoms with E-state index in [0.29, 0.717) is 13.0 Å². The van der Waals surface area contributed by atoms with Crippen LogP contribution in [0.3, 0.4) is 0 Å². The van der Waals surface area contributed by atoms with Crippen molar-refractivity contribution in [3.63, 3.8) is 0 Å². The van der Waals surface area contributed by atoms with Gasteiger partial charge in [0.1, 0.15) is 0 Å². The van der Waals surface area contributed by atoms with Crippen LogP contribution in [0, 0.1) is 6.42 Å². The fourth-order valence-electron chi connectivity index (χ4n) is 1.17. The summed E-state index contributed by atoms with van der Waals surface area (Å²) in [5.41, 5.74) is 1.02. The van der Waals surface area contributed by atoms with E-state index in [1.807, 2.05) is 30.3 Å². The Hall–Kier alpha value is -1.64. The van der Waals surface area contributed by atoms with Crippen molar-refractivity contribution in [2.75, 3.05) is 6.54 Å². The second-order valence-corrected chi connectivity index (χ2v) is 3.12. The maximum Gasteiger partial charge on any atom is 0.287 e. The minimum Gasteiger partial charge on any atom is -0.350 e. The monoisotopic (exact) mass is 204 g/mol. The zero-order valence-electron chi connectivity index (χ0n) is 8.69.